The molecule has 1 aliphatic carbocycles. The summed E-state index contributed by atoms with van der Waals surface area (Å²) in [6.07, 6.45) is -2.53. The third-order valence-electron chi connectivity index (χ3n) is 8.37. The first kappa shape index (κ1) is 32.9. The van der Waals surface area contributed by atoms with Gasteiger partial charge in [0, 0.05) is 31.0 Å². The second kappa shape index (κ2) is 14.7. The standard InChI is InChI=1S/C31H35F4N3O6/c32-22-12-19(31(43)44)13-23(33)21(22)10-11-36-28(40)24(15-26(34)35)37-29(41)25-14-20(17-6-2-1-3-7-17)16-38(25)30(42)27(39)18-8-4-5-9-18/h1-3,6-7,12-13,18,20,24-27,39H,4-5,8-11,14-16H2,(H,36,40)(H,37,41)(H,43,44)/t20-,24+,25+,27+/m1/s1. The highest BCUT2D eigenvalue weighted by atomic mass is 19.3. The smallest absolute Gasteiger partial charge is 0.335 e. The second-order valence-electron chi connectivity index (χ2n) is 11.3. The Morgan fingerprint density at radius 1 is 1.00 bits per heavy atom. The minimum absolute atomic E-state index is 0.119. The van der Waals surface area contributed by atoms with Gasteiger partial charge in [0.15, 0.2) is 0 Å². The molecule has 0 aromatic heterocycles. The number of likely N-dealkylation sites (tertiary alicyclic amines) is 1. The van der Waals surface area contributed by atoms with Crippen LogP contribution in [-0.4, -0.2) is 76.5 Å². The molecule has 2 aliphatic rings. The maximum Gasteiger partial charge on any atom is 0.335 e. The van der Waals surface area contributed by atoms with Crippen molar-refractivity contribution >= 4 is 23.7 Å². The van der Waals surface area contributed by atoms with E-state index in [1.807, 2.05) is 30.3 Å². The minimum atomic E-state index is -2.99. The van der Waals surface area contributed by atoms with Gasteiger partial charge in [-0.2, -0.15) is 0 Å². The van der Waals surface area contributed by atoms with Crippen LogP contribution in [0.4, 0.5) is 17.6 Å². The molecule has 1 heterocycles. The maximum atomic E-state index is 14.3. The summed E-state index contributed by atoms with van der Waals surface area (Å²) >= 11 is 0. The van der Waals surface area contributed by atoms with Crippen LogP contribution in [0, 0.1) is 17.6 Å². The number of rotatable bonds is 12. The Morgan fingerprint density at radius 2 is 1.64 bits per heavy atom. The summed E-state index contributed by atoms with van der Waals surface area (Å²) in [5.74, 6) is -6.82. The lowest BCUT2D eigenvalue weighted by atomic mass is 9.96. The molecule has 0 spiro atoms. The van der Waals surface area contributed by atoms with E-state index in [4.69, 9.17) is 5.11 Å². The van der Waals surface area contributed by atoms with E-state index in [0.717, 1.165) is 18.4 Å². The van der Waals surface area contributed by atoms with E-state index in [0.29, 0.717) is 25.0 Å². The van der Waals surface area contributed by atoms with E-state index < -0.39 is 90.5 Å². The van der Waals surface area contributed by atoms with E-state index in [1.165, 1.54) is 4.90 Å². The van der Waals surface area contributed by atoms with Crippen LogP contribution in [0.1, 0.15) is 65.9 Å². The number of nitrogens with zero attached hydrogens (tertiary/aromatic N) is 1. The Hall–Kier alpha value is -4.00. The van der Waals surface area contributed by atoms with Crippen LogP contribution in [0.25, 0.3) is 0 Å². The van der Waals surface area contributed by atoms with E-state index in [2.05, 4.69) is 10.6 Å². The number of amides is 3. The molecular formula is C31H35F4N3O6. The van der Waals surface area contributed by atoms with Gasteiger partial charge in [0.1, 0.15) is 29.8 Å². The van der Waals surface area contributed by atoms with Crippen molar-refractivity contribution in [1.29, 1.82) is 0 Å². The number of aliphatic hydroxyl groups excluding tert-OH is 1. The zero-order chi connectivity index (χ0) is 32.0. The molecule has 0 bridgehead atoms. The van der Waals surface area contributed by atoms with Gasteiger partial charge in [0.2, 0.25) is 18.2 Å². The highest BCUT2D eigenvalue weighted by molar-refractivity contribution is 5.93. The van der Waals surface area contributed by atoms with Crippen molar-refractivity contribution in [2.75, 3.05) is 13.1 Å². The van der Waals surface area contributed by atoms with Gasteiger partial charge in [0.05, 0.1) is 5.56 Å². The van der Waals surface area contributed by atoms with Crippen molar-refractivity contribution in [2.45, 2.75) is 75.5 Å². The molecule has 238 valence electrons. The molecular weight excluding hydrogens is 586 g/mol. The van der Waals surface area contributed by atoms with Gasteiger partial charge in [0.25, 0.3) is 5.91 Å². The van der Waals surface area contributed by atoms with Gasteiger partial charge in [-0.15, -0.1) is 0 Å². The number of carbonyl (C=O) groups excluding carboxylic acids is 3. The fraction of sp³-hybridized carbons (Fsp3) is 0.484. The highest BCUT2D eigenvalue weighted by Gasteiger charge is 2.44. The van der Waals surface area contributed by atoms with E-state index in [9.17, 15) is 41.8 Å². The summed E-state index contributed by atoms with van der Waals surface area (Å²) in [6.45, 7) is -0.277. The third-order valence-corrected chi connectivity index (χ3v) is 8.37. The van der Waals surface area contributed by atoms with Crippen molar-refractivity contribution < 1.29 is 47.0 Å². The number of alkyl halides is 2. The summed E-state index contributed by atoms with van der Waals surface area (Å²) in [5, 5.41) is 24.4. The first-order valence-corrected chi connectivity index (χ1v) is 14.6. The summed E-state index contributed by atoms with van der Waals surface area (Å²) in [6, 6.07) is 7.52. The lowest BCUT2D eigenvalue weighted by Crippen LogP contribution is -2.55. The molecule has 2 fully saturated rings. The molecule has 4 atom stereocenters. The van der Waals surface area contributed by atoms with E-state index in [1.54, 1.807) is 0 Å². The fourth-order valence-corrected chi connectivity index (χ4v) is 6.02. The van der Waals surface area contributed by atoms with Crippen LogP contribution in [0.5, 0.6) is 0 Å². The van der Waals surface area contributed by atoms with Gasteiger partial charge in [-0.1, -0.05) is 43.2 Å². The van der Waals surface area contributed by atoms with Crippen molar-refractivity contribution in [2.24, 2.45) is 5.92 Å². The monoisotopic (exact) mass is 621 g/mol. The van der Waals surface area contributed by atoms with Crippen LogP contribution in [0.15, 0.2) is 42.5 Å². The number of nitrogens with one attached hydrogen (secondary N) is 2. The molecule has 2 aromatic rings. The molecule has 9 nitrogen and oxygen atoms in total. The average Bonchev–Trinajstić information content (AvgIpc) is 3.68. The first-order chi connectivity index (χ1) is 21.0. The minimum Gasteiger partial charge on any atom is -0.478 e. The summed E-state index contributed by atoms with van der Waals surface area (Å²) in [4.78, 5) is 52.0. The number of hydrogen-bond acceptors (Lipinski definition) is 5. The topological polar surface area (TPSA) is 136 Å². The number of carboxylic acids is 1. The van der Waals surface area contributed by atoms with Crippen molar-refractivity contribution in [1.82, 2.24) is 15.5 Å². The lowest BCUT2D eigenvalue weighted by molar-refractivity contribution is -0.148. The third kappa shape index (κ3) is 7.93. The number of benzene rings is 2. The highest BCUT2D eigenvalue weighted by Crippen LogP contribution is 2.35. The Morgan fingerprint density at radius 3 is 2.23 bits per heavy atom. The molecule has 0 radical (unpaired) electrons. The van der Waals surface area contributed by atoms with Crippen LogP contribution in [0.2, 0.25) is 0 Å². The lowest BCUT2D eigenvalue weighted by Gasteiger charge is -2.29. The van der Waals surface area contributed by atoms with Gasteiger partial charge < -0.3 is 25.7 Å². The molecule has 1 aliphatic heterocycles. The molecule has 2 aromatic carbocycles. The van der Waals surface area contributed by atoms with Gasteiger partial charge >= 0.3 is 5.97 Å². The van der Waals surface area contributed by atoms with Gasteiger partial charge in [-0.05, 0) is 49.3 Å². The molecule has 1 saturated heterocycles. The SMILES string of the molecule is O=C(O)c1cc(F)c(CCNC(=O)[C@H](CC(F)F)NC(=O)[C@@H]2C[C@@H](c3ccccc3)CN2C(=O)[C@@H](O)C2CCCC2)c(F)c1. The molecule has 13 heteroatoms. The Bertz CT molecular complexity index is 1330. The van der Waals surface area contributed by atoms with E-state index >= 15 is 0 Å². The molecule has 44 heavy (non-hydrogen) atoms. The first-order valence-electron chi connectivity index (χ1n) is 14.6. The summed E-state index contributed by atoms with van der Waals surface area (Å²) in [5.41, 5.74) is -0.247. The molecule has 3 amide bonds. The fourth-order valence-electron chi connectivity index (χ4n) is 6.02. The zero-order valence-corrected chi connectivity index (χ0v) is 23.9. The molecule has 1 saturated carbocycles. The Kier molecular flexibility index (Phi) is 11.0. The Labute approximate surface area is 251 Å². The predicted molar refractivity (Wildman–Crippen MR) is 150 cm³/mol. The number of hydrogen-bond donors (Lipinski definition) is 4. The number of carbonyl (C=O) groups is 4. The van der Waals surface area contributed by atoms with Gasteiger partial charge in [-0.3, -0.25) is 14.4 Å². The van der Waals surface area contributed by atoms with Crippen LogP contribution < -0.4 is 10.6 Å². The summed E-state index contributed by atoms with van der Waals surface area (Å²) < 4.78 is 55.4. The molecule has 0 unspecified atom stereocenters. The number of aliphatic hydroxyl groups is 1. The number of aromatic carboxylic acids is 1. The van der Waals surface area contributed by atoms with Crippen molar-refractivity contribution in [3.05, 3.63) is 70.8 Å². The van der Waals surface area contributed by atoms with Crippen LogP contribution in [-0.2, 0) is 20.8 Å². The summed E-state index contributed by atoms with van der Waals surface area (Å²) in [7, 11) is 0. The number of halogens is 4. The van der Waals surface area contributed by atoms with Crippen LogP contribution >= 0.6 is 0 Å². The maximum absolute atomic E-state index is 14.3. The Balaban J connectivity index is 1.46. The number of carboxylic acid groups (broad SMARTS) is 1. The largest absolute Gasteiger partial charge is 0.478 e. The predicted octanol–water partition coefficient (Wildman–Crippen LogP) is 3.40. The molecule has 4 N–H and O–H groups in total. The molecule has 4 rings (SSSR count). The van der Waals surface area contributed by atoms with Crippen LogP contribution in [0.3, 0.4) is 0 Å². The normalized spacial score (nSPS) is 20.0. The average molecular weight is 622 g/mol. The second-order valence-corrected chi connectivity index (χ2v) is 11.3. The van der Waals surface area contributed by atoms with Crippen molar-refractivity contribution in [3.8, 4) is 0 Å². The van der Waals surface area contributed by atoms with Crippen molar-refractivity contribution in [3.63, 3.8) is 0 Å². The zero-order valence-electron chi connectivity index (χ0n) is 23.9. The van der Waals surface area contributed by atoms with E-state index in [-0.39, 0.29) is 24.8 Å². The quantitative estimate of drug-likeness (QED) is 0.269. The van der Waals surface area contributed by atoms with Gasteiger partial charge in [-0.25, -0.2) is 22.4 Å².